The van der Waals surface area contributed by atoms with Crippen LogP contribution in [0.25, 0.3) is 0 Å². The van der Waals surface area contributed by atoms with E-state index in [1.54, 1.807) is 0 Å². The van der Waals surface area contributed by atoms with Gasteiger partial charge >= 0.3 is 0 Å². The van der Waals surface area contributed by atoms with E-state index in [0.29, 0.717) is 25.0 Å². The van der Waals surface area contributed by atoms with Gasteiger partial charge in [-0.25, -0.2) is 0 Å². The predicted octanol–water partition coefficient (Wildman–Crippen LogP) is 2.94. The standard InChI is InChI=1S/C21H34O5S/c1-19-6-3-12(26-27)11-15(19)17(22)18(23)16-13(19)4-7-20(2)14(16)5-8-21(20)24-9-10-25-21/h12-18,22-23,27H,3-11H2,1-2H3/t12-,13-,14-,15+,16+,17+,18+,19+,20-/m0/s1. The second-order valence-corrected chi connectivity index (χ2v) is 10.5. The second kappa shape index (κ2) is 6.32. The van der Waals surface area contributed by atoms with Crippen LogP contribution in [0.15, 0.2) is 0 Å². The Balaban J connectivity index is 1.50. The molecule has 0 unspecified atom stereocenters. The molecule has 1 aliphatic heterocycles. The predicted molar refractivity (Wildman–Crippen MR) is 103 cm³/mol. The van der Waals surface area contributed by atoms with Gasteiger partial charge in [0.25, 0.3) is 0 Å². The van der Waals surface area contributed by atoms with Gasteiger partial charge in [-0.05, 0) is 80.5 Å². The summed E-state index contributed by atoms with van der Waals surface area (Å²) in [6.45, 7) is 6.01. The fraction of sp³-hybridized carbons (Fsp3) is 1.00. The fourth-order valence-corrected chi connectivity index (χ4v) is 8.40. The van der Waals surface area contributed by atoms with Gasteiger partial charge in [0.05, 0.1) is 31.5 Å². The minimum atomic E-state index is -0.688. The zero-order valence-corrected chi connectivity index (χ0v) is 17.4. The summed E-state index contributed by atoms with van der Waals surface area (Å²) in [5, 5.41) is 22.4. The molecule has 5 rings (SSSR count). The quantitative estimate of drug-likeness (QED) is 0.468. The Hall–Kier alpha value is 0.150. The lowest BCUT2D eigenvalue weighted by atomic mass is 9.43. The van der Waals surface area contributed by atoms with Gasteiger partial charge in [0, 0.05) is 11.8 Å². The van der Waals surface area contributed by atoms with E-state index in [1.165, 1.54) is 0 Å². The Kier molecular flexibility index (Phi) is 4.48. The Morgan fingerprint density at radius 2 is 1.59 bits per heavy atom. The molecular weight excluding hydrogens is 364 g/mol. The van der Waals surface area contributed by atoms with Gasteiger partial charge in [-0.1, -0.05) is 13.8 Å². The van der Waals surface area contributed by atoms with Crippen LogP contribution >= 0.6 is 12.9 Å². The van der Waals surface area contributed by atoms with E-state index < -0.39 is 18.0 Å². The van der Waals surface area contributed by atoms with E-state index in [9.17, 15) is 10.2 Å². The number of aliphatic hydroxyl groups excluding tert-OH is 2. The molecule has 1 spiro atoms. The van der Waals surface area contributed by atoms with Crippen LogP contribution in [0.1, 0.15) is 58.8 Å². The third-order valence-corrected chi connectivity index (χ3v) is 9.95. The first-order valence-electron chi connectivity index (χ1n) is 10.8. The topological polar surface area (TPSA) is 68.2 Å². The van der Waals surface area contributed by atoms with Crippen LogP contribution in [0.5, 0.6) is 0 Å². The molecule has 0 aromatic carbocycles. The summed E-state index contributed by atoms with van der Waals surface area (Å²) in [6.07, 6.45) is 5.62. The summed E-state index contributed by atoms with van der Waals surface area (Å²) in [6, 6.07) is 0. The summed E-state index contributed by atoms with van der Waals surface area (Å²) in [5.41, 5.74) is -0.0133. The molecule has 1 saturated heterocycles. The molecular formula is C21H34O5S. The molecule has 9 atom stereocenters. The molecule has 27 heavy (non-hydrogen) atoms. The number of hydrogen-bond acceptors (Lipinski definition) is 6. The Bertz CT molecular complexity index is 595. The van der Waals surface area contributed by atoms with E-state index in [2.05, 4.69) is 26.8 Å². The van der Waals surface area contributed by atoms with Crippen LogP contribution in [0.3, 0.4) is 0 Å². The molecule has 0 aromatic heterocycles. The van der Waals surface area contributed by atoms with Crippen LogP contribution in [0.2, 0.25) is 0 Å². The first-order valence-corrected chi connectivity index (χ1v) is 11.2. The molecule has 4 saturated carbocycles. The molecule has 0 radical (unpaired) electrons. The number of thiol groups is 1. The summed E-state index contributed by atoms with van der Waals surface area (Å²) < 4.78 is 17.7. The van der Waals surface area contributed by atoms with Crippen molar-refractivity contribution in [2.24, 2.45) is 34.5 Å². The summed E-state index contributed by atoms with van der Waals surface area (Å²) in [5.74, 6) is 0.522. The SMILES string of the molecule is C[C@]12CC[C@H](OS)C[C@@H]1[C@@H](O)[C@H](O)[C@@H]1[C@@H]2CC[C@@]2(C)[C@H]1CCC21OCCO1. The molecule has 0 amide bonds. The van der Waals surface area contributed by atoms with Crippen LogP contribution in [-0.2, 0) is 13.7 Å². The van der Waals surface area contributed by atoms with E-state index in [4.69, 9.17) is 13.7 Å². The van der Waals surface area contributed by atoms with Crippen LogP contribution in [-0.4, -0.2) is 47.5 Å². The Morgan fingerprint density at radius 3 is 2.30 bits per heavy atom. The van der Waals surface area contributed by atoms with Gasteiger partial charge in [0.1, 0.15) is 0 Å². The minimum Gasteiger partial charge on any atom is -0.390 e. The molecule has 4 aliphatic carbocycles. The Morgan fingerprint density at radius 1 is 0.889 bits per heavy atom. The number of hydrogen-bond donors (Lipinski definition) is 3. The highest BCUT2D eigenvalue weighted by Gasteiger charge is 2.70. The van der Waals surface area contributed by atoms with Crippen molar-refractivity contribution in [1.29, 1.82) is 0 Å². The molecule has 6 heteroatoms. The molecule has 5 fully saturated rings. The summed E-state index contributed by atoms with van der Waals surface area (Å²) in [4.78, 5) is 0. The third-order valence-electron chi connectivity index (χ3n) is 9.65. The smallest absolute Gasteiger partial charge is 0.174 e. The lowest BCUT2D eigenvalue weighted by Crippen LogP contribution is -2.65. The van der Waals surface area contributed by atoms with Crippen molar-refractivity contribution in [2.75, 3.05) is 13.2 Å². The average molecular weight is 399 g/mol. The van der Waals surface area contributed by atoms with Crippen molar-refractivity contribution in [3.8, 4) is 0 Å². The molecule has 2 N–H and O–H groups in total. The van der Waals surface area contributed by atoms with Gasteiger partial charge in [0.2, 0.25) is 0 Å². The summed E-state index contributed by atoms with van der Waals surface area (Å²) >= 11 is 4.03. The zero-order valence-electron chi connectivity index (χ0n) is 16.5. The highest BCUT2D eigenvalue weighted by Crippen LogP contribution is 2.69. The maximum atomic E-state index is 11.3. The second-order valence-electron chi connectivity index (χ2n) is 10.3. The van der Waals surface area contributed by atoms with Gasteiger partial charge in [-0.15, -0.1) is 0 Å². The highest BCUT2D eigenvalue weighted by molar-refractivity contribution is 7.75. The summed E-state index contributed by atoms with van der Waals surface area (Å²) in [7, 11) is 0. The molecule has 1 heterocycles. The zero-order chi connectivity index (χ0) is 19.0. The first-order chi connectivity index (χ1) is 12.9. The molecule has 5 nitrogen and oxygen atoms in total. The molecule has 0 aromatic rings. The van der Waals surface area contributed by atoms with Crippen molar-refractivity contribution < 1.29 is 23.9 Å². The fourth-order valence-electron chi connectivity index (χ4n) is 8.21. The van der Waals surface area contributed by atoms with Crippen molar-refractivity contribution in [2.45, 2.75) is 82.9 Å². The van der Waals surface area contributed by atoms with Crippen molar-refractivity contribution in [3.05, 3.63) is 0 Å². The maximum absolute atomic E-state index is 11.3. The van der Waals surface area contributed by atoms with E-state index in [1.807, 2.05) is 0 Å². The molecule has 154 valence electrons. The van der Waals surface area contributed by atoms with Crippen LogP contribution in [0.4, 0.5) is 0 Å². The largest absolute Gasteiger partial charge is 0.390 e. The van der Waals surface area contributed by atoms with Crippen molar-refractivity contribution in [3.63, 3.8) is 0 Å². The van der Waals surface area contributed by atoms with Gasteiger partial charge in [-0.3, -0.25) is 0 Å². The number of ether oxygens (including phenoxy) is 2. The number of rotatable bonds is 1. The molecule has 5 aliphatic rings. The minimum absolute atomic E-state index is 0.0561. The van der Waals surface area contributed by atoms with Crippen LogP contribution < -0.4 is 0 Å². The lowest BCUT2D eigenvalue weighted by Gasteiger charge is -2.63. The third kappa shape index (κ3) is 2.37. The van der Waals surface area contributed by atoms with Gasteiger partial charge in [-0.2, -0.15) is 0 Å². The van der Waals surface area contributed by atoms with Crippen molar-refractivity contribution >= 4 is 12.9 Å². The number of fused-ring (bicyclic) bond motifs is 6. The molecule has 0 bridgehead atoms. The maximum Gasteiger partial charge on any atom is 0.174 e. The lowest BCUT2D eigenvalue weighted by molar-refractivity contribution is -0.268. The number of aliphatic hydroxyl groups is 2. The Labute approximate surface area is 167 Å². The van der Waals surface area contributed by atoms with Gasteiger partial charge < -0.3 is 23.9 Å². The first kappa shape index (κ1) is 19.1. The van der Waals surface area contributed by atoms with E-state index in [-0.39, 0.29) is 28.8 Å². The average Bonchev–Trinajstić information content (AvgIpc) is 3.26. The van der Waals surface area contributed by atoms with E-state index >= 15 is 0 Å². The van der Waals surface area contributed by atoms with Crippen LogP contribution in [0, 0.1) is 34.5 Å². The van der Waals surface area contributed by atoms with E-state index in [0.717, 1.165) is 44.9 Å². The normalized spacial score (nSPS) is 56.6. The van der Waals surface area contributed by atoms with Crippen molar-refractivity contribution in [1.82, 2.24) is 0 Å². The van der Waals surface area contributed by atoms with Gasteiger partial charge in [0.15, 0.2) is 5.79 Å². The monoisotopic (exact) mass is 398 g/mol. The highest BCUT2D eigenvalue weighted by atomic mass is 32.1.